The Labute approximate surface area is 87.4 Å². The summed E-state index contributed by atoms with van der Waals surface area (Å²) < 4.78 is 0. The number of halogens is 1. The second-order valence-electron chi connectivity index (χ2n) is 4.38. The molecule has 1 aliphatic rings. The first-order chi connectivity index (χ1) is 6.24. The number of hydrogen-bond donors (Lipinski definition) is 0. The maximum absolute atomic E-state index is 5.66. The van der Waals surface area contributed by atoms with Gasteiger partial charge in [0, 0.05) is 5.88 Å². The maximum Gasteiger partial charge on any atom is 0.0258 e. The number of hydrogen-bond acceptors (Lipinski definition) is 0. The summed E-state index contributed by atoms with van der Waals surface area (Å²) in [4.78, 5) is 0. The van der Waals surface area contributed by atoms with Crippen LogP contribution >= 0.6 is 11.6 Å². The standard InChI is InChI=1S/C12H21Cl/c1-10-5-7-12(8-6-10)11(2)4-3-9-13/h4,10,12H,3,5-9H2,1-2H3. The first-order valence-corrected chi connectivity index (χ1v) is 6.00. The summed E-state index contributed by atoms with van der Waals surface area (Å²) in [6, 6.07) is 0. The van der Waals surface area contributed by atoms with E-state index in [9.17, 15) is 0 Å². The second-order valence-corrected chi connectivity index (χ2v) is 4.76. The molecule has 1 aliphatic carbocycles. The van der Waals surface area contributed by atoms with Gasteiger partial charge in [0.2, 0.25) is 0 Å². The summed E-state index contributed by atoms with van der Waals surface area (Å²) in [5, 5.41) is 0. The van der Waals surface area contributed by atoms with Crippen LogP contribution in [0.1, 0.15) is 46.0 Å². The molecule has 0 bridgehead atoms. The highest BCUT2D eigenvalue weighted by molar-refractivity contribution is 6.17. The van der Waals surface area contributed by atoms with Crippen LogP contribution in [0.5, 0.6) is 0 Å². The Kier molecular flexibility index (Phi) is 4.87. The zero-order chi connectivity index (χ0) is 9.68. The molecule has 0 heterocycles. The molecule has 0 saturated heterocycles. The van der Waals surface area contributed by atoms with Crippen molar-refractivity contribution < 1.29 is 0 Å². The van der Waals surface area contributed by atoms with E-state index < -0.39 is 0 Å². The molecule has 0 aliphatic heterocycles. The first kappa shape index (κ1) is 11.1. The molecule has 0 radical (unpaired) electrons. The van der Waals surface area contributed by atoms with Gasteiger partial charge in [-0.3, -0.25) is 0 Å². The van der Waals surface area contributed by atoms with Crippen LogP contribution in [0.4, 0.5) is 0 Å². The van der Waals surface area contributed by atoms with Gasteiger partial charge in [0.25, 0.3) is 0 Å². The summed E-state index contributed by atoms with van der Waals surface area (Å²) in [6.45, 7) is 4.64. The van der Waals surface area contributed by atoms with Gasteiger partial charge in [-0.25, -0.2) is 0 Å². The van der Waals surface area contributed by atoms with Crippen molar-refractivity contribution >= 4 is 11.6 Å². The average Bonchev–Trinajstić information content (AvgIpc) is 2.15. The Morgan fingerprint density at radius 2 is 1.92 bits per heavy atom. The Morgan fingerprint density at radius 1 is 1.31 bits per heavy atom. The quantitative estimate of drug-likeness (QED) is 0.468. The van der Waals surface area contributed by atoms with E-state index in [2.05, 4.69) is 19.9 Å². The Hall–Kier alpha value is 0.0300. The van der Waals surface area contributed by atoms with E-state index in [0.717, 1.165) is 24.1 Å². The lowest BCUT2D eigenvalue weighted by Gasteiger charge is -2.26. The minimum absolute atomic E-state index is 0.764. The molecule has 0 spiro atoms. The third-order valence-electron chi connectivity index (χ3n) is 3.24. The molecule has 0 unspecified atom stereocenters. The minimum atomic E-state index is 0.764. The van der Waals surface area contributed by atoms with Gasteiger partial charge in [-0.1, -0.05) is 31.4 Å². The molecule has 0 amide bonds. The highest BCUT2D eigenvalue weighted by atomic mass is 35.5. The molecule has 0 aromatic heterocycles. The smallest absolute Gasteiger partial charge is 0.0258 e. The van der Waals surface area contributed by atoms with Gasteiger partial charge in [-0.15, -0.1) is 11.6 Å². The first-order valence-electron chi connectivity index (χ1n) is 5.46. The lowest BCUT2D eigenvalue weighted by atomic mass is 9.79. The maximum atomic E-state index is 5.66. The van der Waals surface area contributed by atoms with Gasteiger partial charge in [-0.2, -0.15) is 0 Å². The van der Waals surface area contributed by atoms with Crippen molar-refractivity contribution in [3.8, 4) is 0 Å². The topological polar surface area (TPSA) is 0 Å². The normalized spacial score (nSPS) is 30.5. The van der Waals surface area contributed by atoms with Gasteiger partial charge < -0.3 is 0 Å². The van der Waals surface area contributed by atoms with E-state index in [1.807, 2.05) is 0 Å². The van der Waals surface area contributed by atoms with Gasteiger partial charge in [0.05, 0.1) is 0 Å². The van der Waals surface area contributed by atoms with Crippen LogP contribution in [0.15, 0.2) is 11.6 Å². The Bertz CT molecular complexity index is 164. The van der Waals surface area contributed by atoms with E-state index in [0.29, 0.717) is 0 Å². The van der Waals surface area contributed by atoms with E-state index in [-0.39, 0.29) is 0 Å². The summed E-state index contributed by atoms with van der Waals surface area (Å²) in [5.74, 6) is 2.58. The third-order valence-corrected chi connectivity index (χ3v) is 3.45. The van der Waals surface area contributed by atoms with Gasteiger partial charge >= 0.3 is 0 Å². The molecule has 0 N–H and O–H groups in total. The summed E-state index contributed by atoms with van der Waals surface area (Å²) in [5.41, 5.74) is 1.58. The van der Waals surface area contributed by atoms with Crippen molar-refractivity contribution in [3.05, 3.63) is 11.6 Å². The molecule has 1 saturated carbocycles. The molecule has 0 atom stereocenters. The largest absolute Gasteiger partial charge is 0.126 e. The number of rotatable bonds is 3. The predicted molar refractivity (Wildman–Crippen MR) is 60.2 cm³/mol. The summed E-state index contributed by atoms with van der Waals surface area (Å²) >= 11 is 5.66. The predicted octanol–water partition coefficient (Wildman–Crippen LogP) is 4.39. The van der Waals surface area contributed by atoms with Crippen LogP contribution in [-0.4, -0.2) is 5.88 Å². The zero-order valence-electron chi connectivity index (χ0n) is 8.85. The van der Waals surface area contributed by atoms with Crippen LogP contribution in [-0.2, 0) is 0 Å². The van der Waals surface area contributed by atoms with Crippen LogP contribution in [0.25, 0.3) is 0 Å². The van der Waals surface area contributed by atoms with Crippen LogP contribution in [0.3, 0.4) is 0 Å². The molecule has 1 heteroatoms. The van der Waals surface area contributed by atoms with Crippen molar-refractivity contribution in [2.75, 3.05) is 5.88 Å². The fourth-order valence-corrected chi connectivity index (χ4v) is 2.27. The molecular formula is C12H21Cl. The highest BCUT2D eigenvalue weighted by Gasteiger charge is 2.18. The number of allylic oxidation sites excluding steroid dienone is 2. The Morgan fingerprint density at radius 3 is 2.46 bits per heavy atom. The van der Waals surface area contributed by atoms with Crippen LogP contribution in [0, 0.1) is 11.8 Å². The van der Waals surface area contributed by atoms with Crippen molar-refractivity contribution in [3.63, 3.8) is 0 Å². The van der Waals surface area contributed by atoms with E-state index in [1.165, 1.54) is 25.7 Å². The minimum Gasteiger partial charge on any atom is -0.126 e. The van der Waals surface area contributed by atoms with Crippen molar-refractivity contribution in [1.82, 2.24) is 0 Å². The lowest BCUT2D eigenvalue weighted by molar-refractivity contribution is 0.320. The summed E-state index contributed by atoms with van der Waals surface area (Å²) in [7, 11) is 0. The number of alkyl halides is 1. The van der Waals surface area contributed by atoms with Gasteiger partial charge in [0.1, 0.15) is 0 Å². The second kappa shape index (κ2) is 5.70. The monoisotopic (exact) mass is 200 g/mol. The van der Waals surface area contributed by atoms with Gasteiger partial charge in [0.15, 0.2) is 0 Å². The molecule has 1 rings (SSSR count). The fourth-order valence-electron chi connectivity index (χ4n) is 2.16. The van der Waals surface area contributed by atoms with Crippen molar-refractivity contribution in [2.45, 2.75) is 46.0 Å². The summed E-state index contributed by atoms with van der Waals surface area (Å²) in [6.07, 6.45) is 8.98. The molecule has 13 heavy (non-hydrogen) atoms. The Balaban J connectivity index is 2.35. The fraction of sp³-hybridized carbons (Fsp3) is 0.833. The van der Waals surface area contributed by atoms with E-state index >= 15 is 0 Å². The van der Waals surface area contributed by atoms with E-state index in [4.69, 9.17) is 11.6 Å². The van der Waals surface area contributed by atoms with Gasteiger partial charge in [-0.05, 0) is 38.0 Å². The molecule has 76 valence electrons. The molecule has 0 aromatic rings. The average molecular weight is 201 g/mol. The molecule has 0 nitrogen and oxygen atoms in total. The molecule has 1 fully saturated rings. The van der Waals surface area contributed by atoms with Crippen LogP contribution < -0.4 is 0 Å². The molecule has 0 aromatic carbocycles. The molecular weight excluding hydrogens is 180 g/mol. The van der Waals surface area contributed by atoms with E-state index in [1.54, 1.807) is 5.57 Å². The third kappa shape index (κ3) is 3.72. The highest BCUT2D eigenvalue weighted by Crippen LogP contribution is 2.32. The van der Waals surface area contributed by atoms with Crippen molar-refractivity contribution in [2.24, 2.45) is 11.8 Å². The van der Waals surface area contributed by atoms with Crippen LogP contribution in [0.2, 0.25) is 0 Å². The van der Waals surface area contributed by atoms with Crippen molar-refractivity contribution in [1.29, 1.82) is 0 Å². The SMILES string of the molecule is CC(=CCCCl)C1CCC(C)CC1. The lowest BCUT2D eigenvalue weighted by Crippen LogP contribution is -2.13. The zero-order valence-corrected chi connectivity index (χ0v) is 9.61.